The fraction of sp³-hybridized carbons (Fsp3) is 0.909. The van der Waals surface area contributed by atoms with Gasteiger partial charge in [-0.1, -0.05) is 6.92 Å². The highest BCUT2D eigenvalue weighted by Crippen LogP contribution is 2.18. The SMILES string of the molecule is C[C@H]1CCCN(C(=O)CC2CNC2)C1. The maximum Gasteiger partial charge on any atom is 0.222 e. The standard InChI is InChI=1S/C11H20N2O/c1-9-3-2-4-13(8-9)11(14)5-10-6-12-7-10/h9-10,12H,2-8H2,1H3/t9-/m0/s1. The molecule has 3 heteroatoms. The molecule has 0 saturated carbocycles. The predicted molar refractivity (Wildman–Crippen MR) is 56.0 cm³/mol. The second-order valence-corrected chi connectivity index (χ2v) is 4.82. The summed E-state index contributed by atoms with van der Waals surface area (Å²) < 4.78 is 0. The highest BCUT2D eigenvalue weighted by atomic mass is 16.2. The summed E-state index contributed by atoms with van der Waals surface area (Å²) in [7, 11) is 0. The van der Waals surface area contributed by atoms with Crippen LogP contribution in [0, 0.1) is 11.8 Å². The summed E-state index contributed by atoms with van der Waals surface area (Å²) in [6, 6.07) is 0. The molecule has 1 amide bonds. The predicted octanol–water partition coefficient (Wildman–Crippen LogP) is 0.854. The van der Waals surface area contributed by atoms with E-state index in [-0.39, 0.29) is 0 Å². The minimum atomic E-state index is 0.378. The first kappa shape index (κ1) is 9.97. The quantitative estimate of drug-likeness (QED) is 0.710. The summed E-state index contributed by atoms with van der Waals surface area (Å²) >= 11 is 0. The molecule has 0 aromatic rings. The van der Waals surface area contributed by atoms with E-state index < -0.39 is 0 Å². The lowest BCUT2D eigenvalue weighted by molar-refractivity contribution is -0.134. The van der Waals surface area contributed by atoms with Crippen molar-refractivity contribution < 1.29 is 4.79 Å². The van der Waals surface area contributed by atoms with Crippen molar-refractivity contribution in [3.8, 4) is 0 Å². The lowest BCUT2D eigenvalue weighted by atomic mass is 9.96. The van der Waals surface area contributed by atoms with Gasteiger partial charge in [-0.2, -0.15) is 0 Å². The van der Waals surface area contributed by atoms with E-state index in [1.807, 2.05) is 0 Å². The maximum atomic E-state index is 11.8. The van der Waals surface area contributed by atoms with Crippen LogP contribution in [0.25, 0.3) is 0 Å². The summed E-state index contributed by atoms with van der Waals surface area (Å²) in [5, 5.41) is 3.21. The third-order valence-corrected chi connectivity index (χ3v) is 3.34. The molecule has 1 N–H and O–H groups in total. The Morgan fingerprint density at radius 2 is 2.29 bits per heavy atom. The van der Waals surface area contributed by atoms with E-state index in [0.29, 0.717) is 17.7 Å². The van der Waals surface area contributed by atoms with Crippen LogP contribution < -0.4 is 5.32 Å². The number of likely N-dealkylation sites (tertiary alicyclic amines) is 1. The van der Waals surface area contributed by atoms with Crippen LogP contribution in [-0.2, 0) is 4.79 Å². The molecule has 80 valence electrons. The minimum Gasteiger partial charge on any atom is -0.342 e. The minimum absolute atomic E-state index is 0.378. The normalized spacial score (nSPS) is 28.6. The fourth-order valence-corrected chi connectivity index (χ4v) is 2.28. The van der Waals surface area contributed by atoms with Crippen LogP contribution in [0.2, 0.25) is 0 Å². The van der Waals surface area contributed by atoms with Gasteiger partial charge in [0, 0.05) is 19.5 Å². The Kier molecular flexibility index (Phi) is 3.06. The fourth-order valence-electron chi connectivity index (χ4n) is 2.28. The van der Waals surface area contributed by atoms with Crippen molar-refractivity contribution in [2.24, 2.45) is 11.8 Å². The molecule has 2 aliphatic rings. The first-order chi connectivity index (χ1) is 6.75. The number of hydrogen-bond acceptors (Lipinski definition) is 2. The van der Waals surface area contributed by atoms with E-state index in [9.17, 15) is 4.79 Å². The van der Waals surface area contributed by atoms with Gasteiger partial charge in [-0.25, -0.2) is 0 Å². The van der Waals surface area contributed by atoms with Gasteiger partial charge in [0.25, 0.3) is 0 Å². The number of amides is 1. The van der Waals surface area contributed by atoms with Crippen LogP contribution in [0.4, 0.5) is 0 Å². The zero-order chi connectivity index (χ0) is 9.97. The number of rotatable bonds is 2. The van der Waals surface area contributed by atoms with E-state index in [0.717, 1.165) is 32.6 Å². The largest absolute Gasteiger partial charge is 0.342 e. The highest BCUT2D eigenvalue weighted by molar-refractivity contribution is 5.76. The van der Waals surface area contributed by atoms with Crippen molar-refractivity contribution in [3.05, 3.63) is 0 Å². The third kappa shape index (κ3) is 2.27. The average Bonchev–Trinajstić information content (AvgIpc) is 2.11. The Hall–Kier alpha value is -0.570. The molecular weight excluding hydrogens is 176 g/mol. The van der Waals surface area contributed by atoms with Gasteiger partial charge in [-0.3, -0.25) is 4.79 Å². The molecule has 0 spiro atoms. The van der Waals surface area contributed by atoms with E-state index >= 15 is 0 Å². The van der Waals surface area contributed by atoms with Gasteiger partial charge in [-0.15, -0.1) is 0 Å². The molecule has 2 fully saturated rings. The lowest BCUT2D eigenvalue weighted by Gasteiger charge is -2.34. The Morgan fingerprint density at radius 3 is 2.86 bits per heavy atom. The molecule has 2 saturated heterocycles. The first-order valence-corrected chi connectivity index (χ1v) is 5.74. The van der Waals surface area contributed by atoms with Crippen molar-refractivity contribution in [2.45, 2.75) is 26.2 Å². The number of hydrogen-bond donors (Lipinski definition) is 1. The smallest absolute Gasteiger partial charge is 0.222 e. The molecule has 1 atom stereocenters. The van der Waals surface area contributed by atoms with Crippen LogP contribution in [0.3, 0.4) is 0 Å². The van der Waals surface area contributed by atoms with Crippen LogP contribution in [-0.4, -0.2) is 37.0 Å². The average molecular weight is 196 g/mol. The van der Waals surface area contributed by atoms with Gasteiger partial charge in [0.1, 0.15) is 0 Å². The van der Waals surface area contributed by atoms with Gasteiger partial charge in [-0.05, 0) is 37.8 Å². The molecule has 2 heterocycles. The molecular formula is C11H20N2O. The number of carbonyl (C=O) groups is 1. The summed E-state index contributed by atoms with van der Waals surface area (Å²) in [5.41, 5.74) is 0. The van der Waals surface area contributed by atoms with Crippen molar-refractivity contribution in [1.82, 2.24) is 10.2 Å². The molecule has 0 bridgehead atoms. The molecule has 0 aromatic carbocycles. The first-order valence-electron chi connectivity index (χ1n) is 5.74. The number of piperidine rings is 1. The van der Waals surface area contributed by atoms with Gasteiger partial charge < -0.3 is 10.2 Å². The van der Waals surface area contributed by atoms with Gasteiger partial charge in [0.15, 0.2) is 0 Å². The van der Waals surface area contributed by atoms with Crippen LogP contribution in [0.5, 0.6) is 0 Å². The van der Waals surface area contributed by atoms with Crippen molar-refractivity contribution in [3.63, 3.8) is 0 Å². The summed E-state index contributed by atoms with van der Waals surface area (Å²) in [4.78, 5) is 13.9. The van der Waals surface area contributed by atoms with Gasteiger partial charge >= 0.3 is 0 Å². The second-order valence-electron chi connectivity index (χ2n) is 4.82. The van der Waals surface area contributed by atoms with E-state index in [4.69, 9.17) is 0 Å². The third-order valence-electron chi connectivity index (χ3n) is 3.34. The molecule has 0 radical (unpaired) electrons. The molecule has 0 unspecified atom stereocenters. The number of carbonyl (C=O) groups excluding carboxylic acids is 1. The highest BCUT2D eigenvalue weighted by Gasteiger charge is 2.25. The Labute approximate surface area is 85.8 Å². The van der Waals surface area contributed by atoms with Crippen molar-refractivity contribution in [1.29, 1.82) is 0 Å². The zero-order valence-electron chi connectivity index (χ0n) is 8.96. The Bertz CT molecular complexity index is 213. The van der Waals surface area contributed by atoms with E-state index in [1.165, 1.54) is 12.8 Å². The molecule has 2 aliphatic heterocycles. The summed E-state index contributed by atoms with van der Waals surface area (Å²) in [6.07, 6.45) is 3.24. The summed E-state index contributed by atoms with van der Waals surface area (Å²) in [6.45, 7) is 6.29. The number of nitrogens with zero attached hydrogens (tertiary/aromatic N) is 1. The topological polar surface area (TPSA) is 32.3 Å². The molecule has 0 aliphatic carbocycles. The van der Waals surface area contributed by atoms with Crippen LogP contribution in [0.15, 0.2) is 0 Å². The second kappa shape index (κ2) is 4.30. The van der Waals surface area contributed by atoms with Gasteiger partial charge in [0.2, 0.25) is 5.91 Å². The zero-order valence-corrected chi connectivity index (χ0v) is 8.96. The van der Waals surface area contributed by atoms with Crippen molar-refractivity contribution >= 4 is 5.91 Å². The monoisotopic (exact) mass is 196 g/mol. The van der Waals surface area contributed by atoms with Crippen LogP contribution >= 0.6 is 0 Å². The molecule has 14 heavy (non-hydrogen) atoms. The maximum absolute atomic E-state index is 11.8. The number of nitrogens with one attached hydrogen (secondary N) is 1. The van der Waals surface area contributed by atoms with E-state index in [1.54, 1.807) is 0 Å². The van der Waals surface area contributed by atoms with Crippen molar-refractivity contribution in [2.75, 3.05) is 26.2 Å². The Morgan fingerprint density at radius 1 is 1.50 bits per heavy atom. The summed E-state index contributed by atoms with van der Waals surface area (Å²) in [5.74, 6) is 1.69. The lowest BCUT2D eigenvalue weighted by Crippen LogP contribution is -2.46. The molecule has 0 aromatic heterocycles. The molecule has 3 nitrogen and oxygen atoms in total. The molecule has 2 rings (SSSR count). The van der Waals surface area contributed by atoms with E-state index in [2.05, 4.69) is 17.1 Å². The van der Waals surface area contributed by atoms with Crippen LogP contribution in [0.1, 0.15) is 26.2 Å². The van der Waals surface area contributed by atoms with Gasteiger partial charge in [0.05, 0.1) is 0 Å². The Balaban J connectivity index is 1.77.